The van der Waals surface area contributed by atoms with Gasteiger partial charge in [0.1, 0.15) is 0 Å². The van der Waals surface area contributed by atoms with Crippen LogP contribution in [0.4, 0.5) is 0 Å². The lowest BCUT2D eigenvalue weighted by Crippen LogP contribution is -2.53. The minimum Gasteiger partial charge on any atom is -0.381 e. The van der Waals surface area contributed by atoms with E-state index in [9.17, 15) is 0 Å². The Kier molecular flexibility index (Phi) is 4.83. The van der Waals surface area contributed by atoms with Gasteiger partial charge >= 0.3 is 0 Å². The molecule has 2 fully saturated rings. The smallest absolute Gasteiger partial charge is 0.0507 e. The first-order chi connectivity index (χ1) is 8.30. The number of hydrogen-bond acceptors (Lipinski definition) is 3. The number of hydrogen-bond donors (Lipinski definition) is 1. The Morgan fingerprint density at radius 2 is 2.12 bits per heavy atom. The molecule has 0 aromatic carbocycles. The van der Waals surface area contributed by atoms with E-state index in [1.165, 1.54) is 51.6 Å². The second-order valence-corrected chi connectivity index (χ2v) is 5.81. The van der Waals surface area contributed by atoms with Gasteiger partial charge in [-0.05, 0) is 38.1 Å². The molecule has 0 aromatic rings. The summed E-state index contributed by atoms with van der Waals surface area (Å²) >= 11 is 0. The van der Waals surface area contributed by atoms with Gasteiger partial charge in [0.25, 0.3) is 0 Å². The molecular formula is C14H28N2O. The molecule has 100 valence electrons. The van der Waals surface area contributed by atoms with E-state index < -0.39 is 0 Å². The van der Waals surface area contributed by atoms with Gasteiger partial charge < -0.3 is 10.5 Å². The Hall–Kier alpha value is -0.120. The first-order valence-electron chi connectivity index (χ1n) is 7.33. The maximum Gasteiger partial charge on any atom is 0.0507 e. The molecule has 0 spiro atoms. The Morgan fingerprint density at radius 1 is 1.35 bits per heavy atom. The van der Waals surface area contributed by atoms with Crippen molar-refractivity contribution in [1.29, 1.82) is 0 Å². The van der Waals surface area contributed by atoms with Crippen molar-refractivity contribution in [2.75, 3.05) is 32.8 Å². The molecule has 3 nitrogen and oxygen atoms in total. The molecule has 1 saturated carbocycles. The van der Waals surface area contributed by atoms with E-state index in [1.807, 2.05) is 0 Å². The summed E-state index contributed by atoms with van der Waals surface area (Å²) in [6.07, 6.45) is 7.79. The van der Waals surface area contributed by atoms with Crippen LogP contribution >= 0.6 is 0 Å². The van der Waals surface area contributed by atoms with E-state index >= 15 is 0 Å². The molecule has 0 radical (unpaired) electrons. The minimum atomic E-state index is 0.318. The summed E-state index contributed by atoms with van der Waals surface area (Å²) in [7, 11) is 0. The first-order valence-corrected chi connectivity index (χ1v) is 7.33. The van der Waals surface area contributed by atoms with Crippen LogP contribution in [0.25, 0.3) is 0 Å². The largest absolute Gasteiger partial charge is 0.381 e. The van der Waals surface area contributed by atoms with E-state index in [-0.39, 0.29) is 0 Å². The normalized spacial score (nSPS) is 28.1. The van der Waals surface area contributed by atoms with Crippen molar-refractivity contribution in [3.05, 3.63) is 0 Å². The molecule has 1 atom stereocenters. The van der Waals surface area contributed by atoms with Crippen molar-refractivity contribution in [3.63, 3.8) is 0 Å². The van der Waals surface area contributed by atoms with Gasteiger partial charge in [0.15, 0.2) is 0 Å². The summed E-state index contributed by atoms with van der Waals surface area (Å²) < 4.78 is 5.51. The van der Waals surface area contributed by atoms with Crippen molar-refractivity contribution in [3.8, 4) is 0 Å². The van der Waals surface area contributed by atoms with Crippen LogP contribution in [-0.2, 0) is 4.74 Å². The maximum absolute atomic E-state index is 6.10. The average molecular weight is 240 g/mol. The van der Waals surface area contributed by atoms with E-state index in [2.05, 4.69) is 11.8 Å². The van der Waals surface area contributed by atoms with E-state index in [0.29, 0.717) is 5.54 Å². The van der Waals surface area contributed by atoms with E-state index in [0.717, 1.165) is 25.7 Å². The zero-order chi connectivity index (χ0) is 12.1. The summed E-state index contributed by atoms with van der Waals surface area (Å²) in [4.78, 5) is 2.69. The Balaban J connectivity index is 1.98. The standard InChI is InChI=1S/C14H28N2O/c1-2-8-16(10-13-5-9-17-11-13)14(12-15)6-3-4-7-14/h13H,2-12,15H2,1H3. The Morgan fingerprint density at radius 3 is 2.65 bits per heavy atom. The lowest BCUT2D eigenvalue weighted by molar-refractivity contribution is 0.0748. The van der Waals surface area contributed by atoms with E-state index in [1.54, 1.807) is 0 Å². The molecule has 1 unspecified atom stereocenters. The van der Waals surface area contributed by atoms with Crippen LogP contribution in [0.15, 0.2) is 0 Å². The molecule has 0 amide bonds. The number of nitrogens with two attached hydrogens (primary N) is 1. The molecule has 0 bridgehead atoms. The average Bonchev–Trinajstić information content (AvgIpc) is 3.00. The molecule has 3 heteroatoms. The van der Waals surface area contributed by atoms with E-state index in [4.69, 9.17) is 10.5 Å². The van der Waals surface area contributed by atoms with Gasteiger partial charge in [0.05, 0.1) is 6.61 Å². The van der Waals surface area contributed by atoms with Crippen LogP contribution in [0.1, 0.15) is 45.4 Å². The van der Waals surface area contributed by atoms with Crippen molar-refractivity contribution >= 4 is 0 Å². The van der Waals surface area contributed by atoms with Gasteiger partial charge in [-0.25, -0.2) is 0 Å². The first kappa shape index (κ1) is 13.3. The summed E-state index contributed by atoms with van der Waals surface area (Å²) in [6.45, 7) is 7.43. The van der Waals surface area contributed by atoms with Crippen LogP contribution in [0.5, 0.6) is 0 Å². The fourth-order valence-electron chi connectivity index (χ4n) is 3.51. The van der Waals surface area contributed by atoms with Gasteiger partial charge in [0.2, 0.25) is 0 Å². The monoisotopic (exact) mass is 240 g/mol. The summed E-state index contributed by atoms with van der Waals surface area (Å²) in [5.41, 5.74) is 6.42. The second-order valence-electron chi connectivity index (χ2n) is 5.81. The molecule has 0 aromatic heterocycles. The minimum absolute atomic E-state index is 0.318. The summed E-state index contributed by atoms with van der Waals surface area (Å²) in [5, 5.41) is 0. The van der Waals surface area contributed by atoms with Gasteiger partial charge in [-0.15, -0.1) is 0 Å². The molecule has 2 aliphatic rings. The zero-order valence-corrected chi connectivity index (χ0v) is 11.3. The van der Waals surface area contributed by atoms with Crippen molar-refractivity contribution < 1.29 is 4.74 Å². The number of ether oxygens (including phenoxy) is 1. The fraction of sp³-hybridized carbons (Fsp3) is 1.00. The predicted octanol–water partition coefficient (Wildman–Crippen LogP) is 2.01. The van der Waals surface area contributed by atoms with Gasteiger partial charge in [0, 0.05) is 25.2 Å². The van der Waals surface area contributed by atoms with Gasteiger partial charge in [-0.2, -0.15) is 0 Å². The maximum atomic E-state index is 6.10. The quantitative estimate of drug-likeness (QED) is 0.772. The molecule has 1 heterocycles. The summed E-state index contributed by atoms with van der Waals surface area (Å²) in [6, 6.07) is 0. The number of nitrogens with zero attached hydrogens (tertiary/aromatic N) is 1. The van der Waals surface area contributed by atoms with Crippen molar-refractivity contribution in [1.82, 2.24) is 4.90 Å². The molecule has 1 aliphatic heterocycles. The van der Waals surface area contributed by atoms with Crippen molar-refractivity contribution in [2.45, 2.75) is 51.0 Å². The molecular weight excluding hydrogens is 212 g/mol. The predicted molar refractivity (Wildman–Crippen MR) is 71.0 cm³/mol. The third-order valence-electron chi connectivity index (χ3n) is 4.58. The molecule has 17 heavy (non-hydrogen) atoms. The third kappa shape index (κ3) is 3.01. The Bertz CT molecular complexity index is 220. The number of rotatable bonds is 6. The molecule has 1 aliphatic carbocycles. The lowest BCUT2D eigenvalue weighted by atomic mass is 9.93. The van der Waals surface area contributed by atoms with Crippen LogP contribution < -0.4 is 5.73 Å². The highest BCUT2D eigenvalue weighted by Gasteiger charge is 2.38. The third-order valence-corrected chi connectivity index (χ3v) is 4.58. The molecule has 2 rings (SSSR count). The highest BCUT2D eigenvalue weighted by Crippen LogP contribution is 2.35. The lowest BCUT2D eigenvalue weighted by Gasteiger charge is -2.42. The SMILES string of the molecule is CCCN(CC1CCOC1)C1(CN)CCCC1. The van der Waals surface area contributed by atoms with Crippen LogP contribution in [0.2, 0.25) is 0 Å². The summed E-state index contributed by atoms with van der Waals surface area (Å²) in [5.74, 6) is 0.741. The molecule has 1 saturated heterocycles. The van der Waals surface area contributed by atoms with Crippen LogP contribution in [0.3, 0.4) is 0 Å². The van der Waals surface area contributed by atoms with Gasteiger partial charge in [-0.1, -0.05) is 19.8 Å². The highest BCUT2D eigenvalue weighted by molar-refractivity contribution is 4.96. The highest BCUT2D eigenvalue weighted by atomic mass is 16.5. The van der Waals surface area contributed by atoms with Crippen LogP contribution in [-0.4, -0.2) is 43.3 Å². The fourth-order valence-corrected chi connectivity index (χ4v) is 3.51. The van der Waals surface area contributed by atoms with Gasteiger partial charge in [-0.3, -0.25) is 4.90 Å². The topological polar surface area (TPSA) is 38.5 Å². The molecule has 2 N–H and O–H groups in total. The zero-order valence-electron chi connectivity index (χ0n) is 11.3. The van der Waals surface area contributed by atoms with Crippen LogP contribution in [0, 0.1) is 5.92 Å². The van der Waals surface area contributed by atoms with Crippen molar-refractivity contribution in [2.24, 2.45) is 11.7 Å². The second kappa shape index (κ2) is 6.17. The Labute approximate surface area is 106 Å².